The molecule has 2 rings (SSSR count). The van der Waals surface area contributed by atoms with E-state index in [2.05, 4.69) is 15.2 Å². The van der Waals surface area contributed by atoms with Crippen LogP contribution in [0.1, 0.15) is 26.2 Å². The van der Waals surface area contributed by atoms with Crippen molar-refractivity contribution in [3.63, 3.8) is 0 Å². The van der Waals surface area contributed by atoms with Crippen LogP contribution >= 0.6 is 24.0 Å². The van der Waals surface area contributed by atoms with Crippen LogP contribution in [0.25, 0.3) is 0 Å². The first kappa shape index (κ1) is 23.3. The molecule has 0 aliphatic carbocycles. The van der Waals surface area contributed by atoms with Crippen LogP contribution in [0, 0.1) is 5.92 Å². The van der Waals surface area contributed by atoms with Crippen LogP contribution in [-0.2, 0) is 9.53 Å². The topological polar surface area (TPSA) is 57.2 Å². The molecule has 2 fully saturated rings. The fraction of sp³-hybridized carbons (Fsp3) is 0.875. The van der Waals surface area contributed by atoms with Crippen LogP contribution in [0.3, 0.4) is 0 Å². The second-order valence-corrected chi connectivity index (χ2v) is 6.54. The molecule has 0 aromatic rings. The standard InChI is InChI=1S/C16H27F3N4O2.HI/c1-3-25-14(24)12-4-8-23(9-5-12)15(20-2)21-13-6-7-22(10-13)11-16(17,18)19;/h12-13H,3-11H2,1-2H3,(H,20,21);1H. The van der Waals surface area contributed by atoms with Crippen LogP contribution in [0.5, 0.6) is 0 Å². The number of guanidine groups is 1. The molecule has 1 atom stereocenters. The molecule has 10 heteroatoms. The lowest BCUT2D eigenvalue weighted by atomic mass is 9.97. The van der Waals surface area contributed by atoms with Gasteiger partial charge in [0.2, 0.25) is 0 Å². The fourth-order valence-electron chi connectivity index (χ4n) is 3.41. The Balaban J connectivity index is 0.00000338. The van der Waals surface area contributed by atoms with Gasteiger partial charge in [0.1, 0.15) is 0 Å². The summed E-state index contributed by atoms with van der Waals surface area (Å²) >= 11 is 0. The summed E-state index contributed by atoms with van der Waals surface area (Å²) in [7, 11) is 1.67. The van der Waals surface area contributed by atoms with E-state index < -0.39 is 12.7 Å². The first-order valence-electron chi connectivity index (χ1n) is 8.76. The summed E-state index contributed by atoms with van der Waals surface area (Å²) in [6, 6.07) is -0.0381. The smallest absolute Gasteiger partial charge is 0.401 e. The molecular formula is C16H28F3IN4O2. The van der Waals surface area contributed by atoms with Gasteiger partial charge in [-0.1, -0.05) is 0 Å². The van der Waals surface area contributed by atoms with E-state index in [-0.39, 0.29) is 41.9 Å². The second kappa shape index (κ2) is 10.5. The molecular weight excluding hydrogens is 464 g/mol. The Morgan fingerprint density at radius 2 is 1.88 bits per heavy atom. The number of likely N-dealkylation sites (tertiary alicyclic amines) is 2. The number of hydrogen-bond donors (Lipinski definition) is 1. The molecule has 0 spiro atoms. The highest BCUT2D eigenvalue weighted by Gasteiger charge is 2.35. The molecule has 0 aromatic carbocycles. The van der Waals surface area contributed by atoms with E-state index in [9.17, 15) is 18.0 Å². The molecule has 152 valence electrons. The monoisotopic (exact) mass is 492 g/mol. The predicted molar refractivity (Wildman–Crippen MR) is 104 cm³/mol. The summed E-state index contributed by atoms with van der Waals surface area (Å²) in [4.78, 5) is 19.5. The number of esters is 1. The van der Waals surface area contributed by atoms with Gasteiger partial charge in [0.15, 0.2) is 5.96 Å². The molecule has 0 amide bonds. The molecule has 1 unspecified atom stereocenters. The summed E-state index contributed by atoms with van der Waals surface area (Å²) in [5.74, 6) is 0.466. The molecule has 26 heavy (non-hydrogen) atoms. The minimum absolute atomic E-state index is 0. The van der Waals surface area contributed by atoms with Gasteiger partial charge < -0.3 is 15.0 Å². The van der Waals surface area contributed by atoms with Crippen molar-refractivity contribution in [3.05, 3.63) is 0 Å². The lowest BCUT2D eigenvalue weighted by Gasteiger charge is -2.34. The first-order chi connectivity index (χ1) is 11.8. The Kier molecular flexibility index (Phi) is 9.42. The molecule has 6 nitrogen and oxygen atoms in total. The third kappa shape index (κ3) is 7.09. The molecule has 0 radical (unpaired) electrons. The Labute approximate surface area is 169 Å². The van der Waals surface area contributed by atoms with Gasteiger partial charge in [-0.2, -0.15) is 13.2 Å². The minimum Gasteiger partial charge on any atom is -0.466 e. The lowest BCUT2D eigenvalue weighted by molar-refractivity contribution is -0.149. The first-order valence-corrected chi connectivity index (χ1v) is 8.76. The van der Waals surface area contributed by atoms with Crippen molar-refractivity contribution in [1.82, 2.24) is 15.1 Å². The van der Waals surface area contributed by atoms with Crippen molar-refractivity contribution in [2.75, 3.05) is 46.4 Å². The lowest BCUT2D eigenvalue weighted by Crippen LogP contribution is -2.50. The number of piperidine rings is 1. The number of nitrogens with one attached hydrogen (secondary N) is 1. The van der Waals surface area contributed by atoms with E-state index in [4.69, 9.17) is 4.74 Å². The minimum atomic E-state index is -4.16. The van der Waals surface area contributed by atoms with E-state index in [0.29, 0.717) is 58.0 Å². The fourth-order valence-corrected chi connectivity index (χ4v) is 3.41. The highest BCUT2D eigenvalue weighted by molar-refractivity contribution is 14.0. The molecule has 2 heterocycles. The van der Waals surface area contributed by atoms with Gasteiger partial charge in [0, 0.05) is 39.3 Å². The third-order valence-electron chi connectivity index (χ3n) is 4.63. The van der Waals surface area contributed by atoms with Crippen molar-refractivity contribution >= 4 is 35.9 Å². The molecule has 0 saturated carbocycles. The maximum atomic E-state index is 12.5. The van der Waals surface area contributed by atoms with Crippen LogP contribution in [0.15, 0.2) is 4.99 Å². The maximum absolute atomic E-state index is 12.5. The van der Waals surface area contributed by atoms with Crippen molar-refractivity contribution in [2.45, 2.75) is 38.4 Å². The molecule has 1 N–H and O–H groups in total. The summed E-state index contributed by atoms with van der Waals surface area (Å²) in [5.41, 5.74) is 0. The van der Waals surface area contributed by atoms with Crippen LogP contribution < -0.4 is 5.32 Å². The van der Waals surface area contributed by atoms with Crippen molar-refractivity contribution in [1.29, 1.82) is 0 Å². The Bertz CT molecular complexity index is 483. The number of ether oxygens (including phenoxy) is 1. The highest BCUT2D eigenvalue weighted by atomic mass is 127. The number of nitrogens with zero attached hydrogens (tertiary/aromatic N) is 3. The van der Waals surface area contributed by atoms with E-state index in [1.165, 1.54) is 4.90 Å². The van der Waals surface area contributed by atoms with Gasteiger partial charge in [-0.15, -0.1) is 24.0 Å². The van der Waals surface area contributed by atoms with Crippen LogP contribution in [0.4, 0.5) is 13.2 Å². The summed E-state index contributed by atoms with van der Waals surface area (Å²) in [5, 5.41) is 3.27. The zero-order chi connectivity index (χ0) is 18.4. The summed E-state index contributed by atoms with van der Waals surface area (Å²) in [6.45, 7) is 3.47. The van der Waals surface area contributed by atoms with Crippen molar-refractivity contribution < 1.29 is 22.7 Å². The Hall–Kier alpha value is -0.780. The molecule has 0 aromatic heterocycles. The van der Waals surface area contributed by atoms with Gasteiger partial charge in [-0.3, -0.25) is 14.7 Å². The number of carbonyl (C=O) groups excluding carboxylic acids is 1. The molecule has 2 aliphatic rings. The molecule has 2 saturated heterocycles. The van der Waals surface area contributed by atoms with E-state index >= 15 is 0 Å². The number of aliphatic imine (C=N–C) groups is 1. The predicted octanol–water partition coefficient (Wildman–Crippen LogP) is 2.09. The van der Waals surface area contributed by atoms with E-state index in [1.807, 2.05) is 0 Å². The maximum Gasteiger partial charge on any atom is 0.401 e. The number of halogens is 4. The Morgan fingerprint density at radius 3 is 2.42 bits per heavy atom. The van der Waals surface area contributed by atoms with Gasteiger partial charge >= 0.3 is 12.1 Å². The van der Waals surface area contributed by atoms with E-state index in [1.54, 1.807) is 14.0 Å². The largest absolute Gasteiger partial charge is 0.466 e. The van der Waals surface area contributed by atoms with Crippen molar-refractivity contribution in [2.24, 2.45) is 10.9 Å². The normalized spacial score (nSPS) is 22.9. The SMILES string of the molecule is CCOC(=O)C1CCN(C(=NC)NC2CCN(CC(F)(F)F)C2)CC1.I. The van der Waals surface area contributed by atoms with Crippen LogP contribution in [-0.4, -0.2) is 80.3 Å². The zero-order valence-electron chi connectivity index (χ0n) is 15.2. The Morgan fingerprint density at radius 1 is 1.23 bits per heavy atom. The average molecular weight is 492 g/mol. The van der Waals surface area contributed by atoms with Gasteiger partial charge in [-0.05, 0) is 26.2 Å². The number of rotatable bonds is 4. The second-order valence-electron chi connectivity index (χ2n) is 6.54. The summed E-state index contributed by atoms with van der Waals surface area (Å²) in [6.07, 6.45) is -2.10. The number of alkyl halides is 3. The van der Waals surface area contributed by atoms with E-state index in [0.717, 1.165) is 0 Å². The molecule has 2 aliphatic heterocycles. The highest BCUT2D eigenvalue weighted by Crippen LogP contribution is 2.21. The number of hydrogen-bond acceptors (Lipinski definition) is 4. The molecule has 0 bridgehead atoms. The van der Waals surface area contributed by atoms with Gasteiger partial charge in [-0.25, -0.2) is 0 Å². The third-order valence-corrected chi connectivity index (χ3v) is 4.63. The van der Waals surface area contributed by atoms with Gasteiger partial charge in [0.25, 0.3) is 0 Å². The van der Waals surface area contributed by atoms with Gasteiger partial charge in [0.05, 0.1) is 19.1 Å². The van der Waals surface area contributed by atoms with Crippen LogP contribution in [0.2, 0.25) is 0 Å². The average Bonchev–Trinajstić information content (AvgIpc) is 2.98. The van der Waals surface area contributed by atoms with Crippen molar-refractivity contribution in [3.8, 4) is 0 Å². The quantitative estimate of drug-likeness (QED) is 0.282. The number of carbonyl (C=O) groups is 1. The summed E-state index contributed by atoms with van der Waals surface area (Å²) < 4.78 is 42.5. The zero-order valence-corrected chi connectivity index (χ0v) is 17.5.